The minimum absolute atomic E-state index is 0.358. The van der Waals surface area contributed by atoms with Crippen molar-refractivity contribution in [3.63, 3.8) is 0 Å². The highest BCUT2D eigenvalue weighted by Crippen LogP contribution is 2.27. The highest BCUT2D eigenvalue weighted by molar-refractivity contribution is 7.87. The van der Waals surface area contributed by atoms with Gasteiger partial charge in [-0.3, -0.25) is 28.0 Å². The molecule has 0 aromatic rings. The monoisotopic (exact) mass is 615 g/mol. The van der Waals surface area contributed by atoms with E-state index in [2.05, 4.69) is 35.7 Å². The number of nitrogens with one attached hydrogen (secondary N) is 3. The van der Waals surface area contributed by atoms with Crippen LogP contribution in [0.25, 0.3) is 0 Å². The van der Waals surface area contributed by atoms with Gasteiger partial charge in [0.1, 0.15) is 15.7 Å². The van der Waals surface area contributed by atoms with E-state index in [-0.39, 0.29) is 12.8 Å². The Balaban J connectivity index is 3.84. The van der Waals surface area contributed by atoms with Gasteiger partial charge in [-0.05, 0) is 56.8 Å². The minimum atomic E-state index is -5.05. The van der Waals surface area contributed by atoms with Gasteiger partial charge in [-0.2, -0.15) is 25.3 Å². The van der Waals surface area contributed by atoms with E-state index >= 15 is 0 Å². The van der Waals surface area contributed by atoms with Gasteiger partial charge in [0.2, 0.25) is 17.7 Å². The Morgan fingerprint density at radius 2 is 0.718 bits per heavy atom. The second-order valence-corrected chi connectivity index (χ2v) is 13.8. The van der Waals surface area contributed by atoms with Crippen LogP contribution in [0.4, 0.5) is 0 Å². The summed E-state index contributed by atoms with van der Waals surface area (Å²) in [6, 6.07) is -4.44. The maximum absolute atomic E-state index is 12.4. The molecule has 0 bridgehead atoms. The molecule has 15 nitrogen and oxygen atoms in total. The first-order chi connectivity index (χ1) is 17.8. The van der Waals surface area contributed by atoms with E-state index in [9.17, 15) is 53.3 Å². The zero-order valence-electron chi connectivity index (χ0n) is 20.8. The minimum Gasteiger partial charge on any atom is -0.348 e. The number of hydrogen-bond acceptors (Lipinski definition) is 9. The van der Waals surface area contributed by atoms with Gasteiger partial charge in [-0.1, -0.05) is 19.7 Å². The van der Waals surface area contributed by atoms with Gasteiger partial charge in [0.25, 0.3) is 30.4 Å². The van der Waals surface area contributed by atoms with Crippen molar-refractivity contribution in [1.29, 1.82) is 0 Å². The molecule has 18 heteroatoms. The molecular weight excluding hydrogens is 582 g/mol. The lowest BCUT2D eigenvalue weighted by atomic mass is 9.92. The summed E-state index contributed by atoms with van der Waals surface area (Å²) >= 11 is 0. The van der Waals surface area contributed by atoms with Crippen molar-refractivity contribution in [1.82, 2.24) is 16.0 Å². The van der Waals surface area contributed by atoms with Crippen LogP contribution in [0.15, 0.2) is 38.0 Å². The molecule has 1 aliphatic carbocycles. The van der Waals surface area contributed by atoms with Crippen LogP contribution >= 0.6 is 0 Å². The summed E-state index contributed by atoms with van der Waals surface area (Å²) in [7, 11) is -15.0. The third-order valence-corrected chi connectivity index (χ3v) is 10.3. The molecule has 1 rings (SSSR count). The Labute approximate surface area is 227 Å². The van der Waals surface area contributed by atoms with Crippen LogP contribution in [0.3, 0.4) is 0 Å². The first kappa shape index (κ1) is 34.4. The summed E-state index contributed by atoms with van der Waals surface area (Å²) in [5.74, 6) is -2.67. The average molecular weight is 616 g/mol. The van der Waals surface area contributed by atoms with Crippen molar-refractivity contribution in [2.45, 2.75) is 72.4 Å². The predicted molar refractivity (Wildman–Crippen MR) is 140 cm³/mol. The molecule has 6 N–H and O–H groups in total. The van der Waals surface area contributed by atoms with E-state index in [0.717, 1.165) is 18.2 Å². The van der Waals surface area contributed by atoms with Crippen molar-refractivity contribution < 1.29 is 53.3 Å². The van der Waals surface area contributed by atoms with Crippen LogP contribution in [0.2, 0.25) is 0 Å². The summed E-state index contributed by atoms with van der Waals surface area (Å²) < 4.78 is 104. The number of amides is 3. The topological polar surface area (TPSA) is 250 Å². The Bertz CT molecular complexity index is 1280. The third-order valence-electron chi connectivity index (χ3n) is 6.32. The third kappa shape index (κ3) is 10.8. The van der Waals surface area contributed by atoms with E-state index < -0.39 is 108 Å². The molecule has 0 spiro atoms. The number of rotatable bonds is 9. The smallest absolute Gasteiger partial charge is 0.269 e. The number of carbonyl (C=O) groups excluding carboxylic acids is 3. The molecular formula is C21H33N3O12S3. The van der Waals surface area contributed by atoms with E-state index in [1.807, 2.05) is 0 Å². The lowest BCUT2D eigenvalue weighted by molar-refractivity contribution is -0.118. The van der Waals surface area contributed by atoms with Crippen molar-refractivity contribution in [3.05, 3.63) is 38.0 Å². The van der Waals surface area contributed by atoms with E-state index in [1.165, 1.54) is 0 Å². The second-order valence-electron chi connectivity index (χ2n) is 8.85. The SMILES string of the molecule is C=CC(=O)NC1CCC(NC(=O)C=C)C(S(=O)(=O)O)CCC(S(=O)(=O)O)C(NC(=O)C=C)CCC1S(=O)(=O)O. The van der Waals surface area contributed by atoms with Gasteiger partial charge < -0.3 is 16.0 Å². The van der Waals surface area contributed by atoms with Crippen LogP contribution in [-0.4, -0.2) is 90.5 Å². The first-order valence-corrected chi connectivity index (χ1v) is 16.0. The fourth-order valence-electron chi connectivity index (χ4n) is 4.48. The molecule has 0 aromatic carbocycles. The van der Waals surface area contributed by atoms with E-state index in [4.69, 9.17) is 0 Å². The normalized spacial score (nSPS) is 27.5. The average Bonchev–Trinajstić information content (AvgIpc) is 2.80. The van der Waals surface area contributed by atoms with E-state index in [1.54, 1.807) is 0 Å². The molecule has 1 saturated carbocycles. The van der Waals surface area contributed by atoms with Crippen molar-refractivity contribution in [2.24, 2.45) is 0 Å². The van der Waals surface area contributed by atoms with Crippen molar-refractivity contribution in [3.8, 4) is 0 Å². The summed E-state index contributed by atoms with van der Waals surface area (Å²) in [6.45, 7) is 9.75. The molecule has 0 aliphatic heterocycles. The first-order valence-electron chi connectivity index (χ1n) is 11.5. The maximum atomic E-state index is 12.4. The van der Waals surface area contributed by atoms with Crippen LogP contribution in [0, 0.1) is 0 Å². The molecule has 1 aliphatic rings. The van der Waals surface area contributed by atoms with Crippen molar-refractivity contribution in [2.75, 3.05) is 0 Å². The highest BCUT2D eigenvalue weighted by atomic mass is 32.2. The number of carbonyl (C=O) groups is 3. The molecule has 6 unspecified atom stereocenters. The van der Waals surface area contributed by atoms with Crippen LogP contribution in [-0.2, 0) is 44.7 Å². The zero-order valence-corrected chi connectivity index (χ0v) is 23.3. The largest absolute Gasteiger partial charge is 0.348 e. The standard InChI is InChI=1S/C21H33N3O12S3/c1-4-19(25)22-13-7-8-14(23-20(26)5-2)17(38(31,32)33)11-12-18(39(34,35)36)15(24-21(27)6-3)9-10-16(13)37(28,29)30/h4-6,13-18H,1-3,7-12H2,(H,22,25)(H,23,26)(H,24,27)(H,28,29,30)(H,31,32,33)(H,34,35,36). The van der Waals surface area contributed by atoms with Gasteiger partial charge in [0.15, 0.2) is 0 Å². The van der Waals surface area contributed by atoms with Crippen LogP contribution in [0.1, 0.15) is 38.5 Å². The molecule has 1 fully saturated rings. The Morgan fingerprint density at radius 3 is 0.923 bits per heavy atom. The van der Waals surface area contributed by atoms with Gasteiger partial charge >= 0.3 is 0 Å². The summed E-state index contributed by atoms with van der Waals surface area (Å²) in [5, 5.41) is 1.25. The summed E-state index contributed by atoms with van der Waals surface area (Å²) in [4.78, 5) is 36.2. The summed E-state index contributed by atoms with van der Waals surface area (Å²) in [5.41, 5.74) is 0. The van der Waals surface area contributed by atoms with Gasteiger partial charge in [-0.15, -0.1) is 0 Å². The Morgan fingerprint density at radius 1 is 0.513 bits per heavy atom. The fourth-order valence-corrected chi connectivity index (χ4v) is 7.64. The van der Waals surface area contributed by atoms with Crippen LogP contribution in [0.5, 0.6) is 0 Å². The molecule has 0 saturated heterocycles. The Hall–Kier alpha value is -2.64. The molecule has 0 aromatic heterocycles. The van der Waals surface area contributed by atoms with Crippen molar-refractivity contribution >= 4 is 48.1 Å². The van der Waals surface area contributed by atoms with Gasteiger partial charge in [0.05, 0.1) is 0 Å². The molecule has 222 valence electrons. The quantitative estimate of drug-likeness (QED) is 0.137. The maximum Gasteiger partial charge on any atom is 0.269 e. The molecule has 0 heterocycles. The molecule has 3 amide bonds. The lowest BCUT2D eigenvalue weighted by Gasteiger charge is -2.34. The lowest BCUT2D eigenvalue weighted by Crippen LogP contribution is -2.53. The van der Waals surface area contributed by atoms with Gasteiger partial charge in [-0.25, -0.2) is 0 Å². The fraction of sp³-hybridized carbons (Fsp3) is 0.571. The summed E-state index contributed by atoms with van der Waals surface area (Å²) in [6.07, 6.45) is -0.715. The van der Waals surface area contributed by atoms with Crippen LogP contribution < -0.4 is 16.0 Å². The molecule has 0 radical (unpaired) electrons. The number of hydrogen-bond donors (Lipinski definition) is 6. The Kier molecular flexibility index (Phi) is 12.5. The molecule has 39 heavy (non-hydrogen) atoms. The highest BCUT2D eigenvalue weighted by Gasteiger charge is 2.42. The second kappa shape index (κ2) is 14.1. The predicted octanol–water partition coefficient (Wildman–Crippen LogP) is -0.878. The molecule has 6 atom stereocenters. The van der Waals surface area contributed by atoms with Gasteiger partial charge in [0, 0.05) is 18.1 Å². The zero-order chi connectivity index (χ0) is 30.2. The van der Waals surface area contributed by atoms with E-state index in [0.29, 0.717) is 0 Å².